The summed E-state index contributed by atoms with van der Waals surface area (Å²) in [5, 5.41) is 3.44. The lowest BCUT2D eigenvalue weighted by molar-refractivity contribution is 0.253. The van der Waals surface area contributed by atoms with Crippen LogP contribution in [0.5, 0.6) is 11.5 Å². The predicted molar refractivity (Wildman–Crippen MR) is 77.9 cm³/mol. The Kier molecular flexibility index (Phi) is 6.02. The molecule has 3 heteroatoms. The molecule has 1 fully saturated rings. The molecule has 2 rings (SSSR count). The average Bonchev–Trinajstić information content (AvgIpc) is 2.47. The first-order valence-electron chi connectivity index (χ1n) is 7.45. The van der Waals surface area contributed by atoms with E-state index in [4.69, 9.17) is 9.47 Å². The quantitative estimate of drug-likeness (QED) is 0.819. The fourth-order valence-electron chi connectivity index (χ4n) is 2.37. The second kappa shape index (κ2) is 8.05. The Labute approximate surface area is 116 Å². The first-order valence-corrected chi connectivity index (χ1v) is 7.45. The van der Waals surface area contributed by atoms with Crippen LogP contribution in [0.4, 0.5) is 0 Å². The number of rotatable bonds is 7. The van der Waals surface area contributed by atoms with Gasteiger partial charge in [-0.3, -0.25) is 0 Å². The van der Waals surface area contributed by atoms with Gasteiger partial charge in [-0.25, -0.2) is 0 Å². The summed E-state index contributed by atoms with van der Waals surface area (Å²) in [5.41, 5.74) is 0. The van der Waals surface area contributed by atoms with Crippen molar-refractivity contribution in [3.63, 3.8) is 0 Å². The van der Waals surface area contributed by atoms with Crippen molar-refractivity contribution in [2.24, 2.45) is 5.92 Å². The van der Waals surface area contributed by atoms with Crippen molar-refractivity contribution in [2.75, 3.05) is 26.3 Å². The second-order valence-corrected chi connectivity index (χ2v) is 5.17. The van der Waals surface area contributed by atoms with Crippen LogP contribution in [0.25, 0.3) is 0 Å². The zero-order chi connectivity index (χ0) is 13.3. The third-order valence-corrected chi connectivity index (χ3v) is 3.49. The van der Waals surface area contributed by atoms with Crippen LogP contribution in [0, 0.1) is 5.92 Å². The largest absolute Gasteiger partial charge is 0.494 e. The van der Waals surface area contributed by atoms with E-state index in [0.29, 0.717) is 0 Å². The molecule has 0 saturated carbocycles. The standard InChI is InChI=1S/C16H25NO2/c1-2-11-18-15-5-7-16(8-6-15)19-12-9-14-4-3-10-17-13-14/h5-8,14,17H,2-4,9-13H2,1H3. The lowest BCUT2D eigenvalue weighted by atomic mass is 9.97. The van der Waals surface area contributed by atoms with Crippen LogP contribution in [-0.2, 0) is 0 Å². The molecule has 0 aromatic heterocycles. The Bertz CT molecular complexity index is 344. The molecular weight excluding hydrogens is 238 g/mol. The lowest BCUT2D eigenvalue weighted by Gasteiger charge is -2.22. The number of ether oxygens (including phenoxy) is 2. The third-order valence-electron chi connectivity index (χ3n) is 3.49. The van der Waals surface area contributed by atoms with Crippen LogP contribution < -0.4 is 14.8 Å². The molecule has 0 radical (unpaired) electrons. The zero-order valence-corrected chi connectivity index (χ0v) is 11.9. The molecular formula is C16H25NO2. The van der Waals surface area contributed by atoms with Crippen molar-refractivity contribution in [1.29, 1.82) is 0 Å². The minimum absolute atomic E-state index is 0.773. The summed E-state index contributed by atoms with van der Waals surface area (Å²) in [5.74, 6) is 2.64. The first kappa shape index (κ1) is 14.2. The summed E-state index contributed by atoms with van der Waals surface area (Å²) in [6.07, 6.45) is 4.81. The van der Waals surface area contributed by atoms with Crippen LogP contribution in [0.2, 0.25) is 0 Å². The Hall–Kier alpha value is -1.22. The van der Waals surface area contributed by atoms with Crippen molar-refractivity contribution < 1.29 is 9.47 Å². The normalized spacial score (nSPS) is 19.1. The topological polar surface area (TPSA) is 30.5 Å². The van der Waals surface area contributed by atoms with Gasteiger partial charge in [0.1, 0.15) is 11.5 Å². The molecule has 1 heterocycles. The summed E-state index contributed by atoms with van der Waals surface area (Å²) in [6, 6.07) is 7.94. The number of hydrogen-bond acceptors (Lipinski definition) is 3. The molecule has 1 atom stereocenters. The van der Waals surface area contributed by atoms with Crippen LogP contribution in [0.1, 0.15) is 32.6 Å². The second-order valence-electron chi connectivity index (χ2n) is 5.17. The summed E-state index contributed by atoms with van der Waals surface area (Å²) >= 11 is 0. The molecule has 0 spiro atoms. The van der Waals surface area contributed by atoms with Crippen molar-refractivity contribution in [3.05, 3.63) is 24.3 Å². The molecule has 0 bridgehead atoms. The fourth-order valence-corrected chi connectivity index (χ4v) is 2.37. The molecule has 19 heavy (non-hydrogen) atoms. The van der Waals surface area contributed by atoms with Crippen molar-refractivity contribution >= 4 is 0 Å². The molecule has 1 aliphatic rings. The van der Waals surface area contributed by atoms with Crippen molar-refractivity contribution in [3.8, 4) is 11.5 Å². The Morgan fingerprint density at radius 3 is 2.37 bits per heavy atom. The molecule has 0 amide bonds. The van der Waals surface area contributed by atoms with E-state index in [1.807, 2.05) is 24.3 Å². The van der Waals surface area contributed by atoms with E-state index in [-0.39, 0.29) is 0 Å². The molecule has 1 aliphatic heterocycles. The Morgan fingerprint density at radius 1 is 1.11 bits per heavy atom. The Balaban J connectivity index is 1.67. The van der Waals surface area contributed by atoms with Crippen molar-refractivity contribution in [1.82, 2.24) is 5.32 Å². The highest BCUT2D eigenvalue weighted by Gasteiger charge is 2.12. The van der Waals surface area contributed by atoms with Gasteiger partial charge in [-0.2, -0.15) is 0 Å². The van der Waals surface area contributed by atoms with Gasteiger partial charge < -0.3 is 14.8 Å². The van der Waals surface area contributed by atoms with Crippen molar-refractivity contribution in [2.45, 2.75) is 32.6 Å². The molecule has 1 unspecified atom stereocenters. The lowest BCUT2D eigenvalue weighted by Crippen LogP contribution is -2.30. The SMILES string of the molecule is CCCOc1ccc(OCCC2CCCNC2)cc1. The van der Waals surface area contributed by atoms with E-state index in [9.17, 15) is 0 Å². The van der Waals surface area contributed by atoms with Gasteiger partial charge in [0.25, 0.3) is 0 Å². The molecule has 3 nitrogen and oxygen atoms in total. The summed E-state index contributed by atoms with van der Waals surface area (Å²) < 4.78 is 11.3. The van der Waals surface area contributed by atoms with Crippen LogP contribution >= 0.6 is 0 Å². The summed E-state index contributed by atoms with van der Waals surface area (Å²) in [4.78, 5) is 0. The fraction of sp³-hybridized carbons (Fsp3) is 0.625. The zero-order valence-electron chi connectivity index (χ0n) is 11.9. The monoisotopic (exact) mass is 263 g/mol. The maximum atomic E-state index is 5.78. The molecule has 1 saturated heterocycles. The van der Waals surface area contributed by atoms with E-state index < -0.39 is 0 Å². The van der Waals surface area contributed by atoms with Gasteiger partial charge >= 0.3 is 0 Å². The van der Waals surface area contributed by atoms with Gasteiger partial charge in [-0.05, 0) is 69.0 Å². The first-order chi connectivity index (χ1) is 9.38. The maximum Gasteiger partial charge on any atom is 0.119 e. The van der Waals surface area contributed by atoms with E-state index in [1.54, 1.807) is 0 Å². The van der Waals surface area contributed by atoms with E-state index >= 15 is 0 Å². The third kappa shape index (κ3) is 5.11. The highest BCUT2D eigenvalue weighted by Crippen LogP contribution is 2.19. The van der Waals surface area contributed by atoms with Crippen LogP contribution in [0.3, 0.4) is 0 Å². The number of hydrogen-bond donors (Lipinski definition) is 1. The highest BCUT2D eigenvalue weighted by atomic mass is 16.5. The van der Waals surface area contributed by atoms with E-state index in [0.717, 1.165) is 50.0 Å². The molecule has 1 aromatic carbocycles. The number of piperidine rings is 1. The van der Waals surface area contributed by atoms with Crippen LogP contribution in [-0.4, -0.2) is 26.3 Å². The van der Waals surface area contributed by atoms with Gasteiger partial charge in [0, 0.05) is 0 Å². The summed E-state index contributed by atoms with van der Waals surface area (Å²) in [6.45, 7) is 6.01. The van der Waals surface area contributed by atoms with Gasteiger partial charge in [0.05, 0.1) is 13.2 Å². The average molecular weight is 263 g/mol. The minimum Gasteiger partial charge on any atom is -0.494 e. The predicted octanol–water partition coefficient (Wildman–Crippen LogP) is 3.24. The Morgan fingerprint density at radius 2 is 1.79 bits per heavy atom. The molecule has 106 valence electrons. The minimum atomic E-state index is 0.773. The highest BCUT2D eigenvalue weighted by molar-refractivity contribution is 5.31. The van der Waals surface area contributed by atoms with Gasteiger partial charge in [-0.15, -0.1) is 0 Å². The van der Waals surface area contributed by atoms with E-state index in [2.05, 4.69) is 12.2 Å². The van der Waals surface area contributed by atoms with E-state index in [1.165, 1.54) is 19.4 Å². The summed E-state index contributed by atoms with van der Waals surface area (Å²) in [7, 11) is 0. The van der Waals surface area contributed by atoms with Crippen LogP contribution in [0.15, 0.2) is 24.3 Å². The van der Waals surface area contributed by atoms with Gasteiger partial charge in [-0.1, -0.05) is 6.92 Å². The smallest absolute Gasteiger partial charge is 0.119 e. The molecule has 0 aliphatic carbocycles. The maximum absolute atomic E-state index is 5.78. The van der Waals surface area contributed by atoms with Gasteiger partial charge in [0.15, 0.2) is 0 Å². The molecule has 1 N–H and O–H groups in total. The molecule has 1 aromatic rings. The number of benzene rings is 1. The van der Waals surface area contributed by atoms with Gasteiger partial charge in [0.2, 0.25) is 0 Å². The number of nitrogens with one attached hydrogen (secondary N) is 1.